The molecule has 0 bridgehead atoms. The Morgan fingerprint density at radius 2 is 1.92 bits per heavy atom. The maximum absolute atomic E-state index is 13.6. The zero-order valence-corrected chi connectivity index (χ0v) is 12.8. The first-order chi connectivity index (χ1) is 11.5. The number of nitrogens with zero attached hydrogens (tertiary/aromatic N) is 1. The third-order valence-electron chi connectivity index (χ3n) is 3.99. The summed E-state index contributed by atoms with van der Waals surface area (Å²) in [5.74, 6) is -2.65. The summed E-state index contributed by atoms with van der Waals surface area (Å²) in [7, 11) is 0. The van der Waals surface area contributed by atoms with E-state index in [4.69, 9.17) is 0 Å². The van der Waals surface area contributed by atoms with Crippen LogP contribution in [0.4, 0.5) is 14.5 Å². The second kappa shape index (κ2) is 6.78. The second-order valence-corrected chi connectivity index (χ2v) is 5.77. The summed E-state index contributed by atoms with van der Waals surface area (Å²) in [6.07, 6.45) is 0.0848. The number of likely N-dealkylation sites (tertiary alicyclic amines) is 1. The maximum Gasteiger partial charge on any atom is 0.229 e. The average Bonchev–Trinajstić information content (AvgIpc) is 2.92. The van der Waals surface area contributed by atoms with Gasteiger partial charge < -0.3 is 10.2 Å². The van der Waals surface area contributed by atoms with Crippen LogP contribution in [0.3, 0.4) is 0 Å². The molecule has 1 fully saturated rings. The minimum Gasteiger partial charge on any atom is -0.338 e. The smallest absolute Gasteiger partial charge is 0.229 e. The van der Waals surface area contributed by atoms with Crippen LogP contribution in [0.25, 0.3) is 0 Å². The number of carbonyl (C=O) groups is 2. The summed E-state index contributed by atoms with van der Waals surface area (Å²) in [6, 6.07) is 12.4. The lowest BCUT2D eigenvalue weighted by molar-refractivity contribution is -0.128. The van der Waals surface area contributed by atoms with Crippen LogP contribution in [-0.4, -0.2) is 23.3 Å². The molecule has 1 heterocycles. The Labute approximate surface area is 138 Å². The predicted octanol–water partition coefficient (Wildman–Crippen LogP) is 2.95. The molecule has 1 aliphatic heterocycles. The van der Waals surface area contributed by atoms with E-state index in [1.165, 1.54) is 6.07 Å². The van der Waals surface area contributed by atoms with Gasteiger partial charge >= 0.3 is 0 Å². The molecule has 0 spiro atoms. The van der Waals surface area contributed by atoms with Crippen LogP contribution in [0.2, 0.25) is 0 Å². The van der Waals surface area contributed by atoms with Crippen LogP contribution < -0.4 is 5.32 Å². The first-order valence-electron chi connectivity index (χ1n) is 7.60. The molecule has 3 rings (SSSR count). The highest BCUT2D eigenvalue weighted by atomic mass is 19.1. The summed E-state index contributed by atoms with van der Waals surface area (Å²) >= 11 is 0. The first kappa shape index (κ1) is 16.1. The zero-order chi connectivity index (χ0) is 17.1. The van der Waals surface area contributed by atoms with Crippen molar-refractivity contribution in [3.63, 3.8) is 0 Å². The Morgan fingerprint density at radius 1 is 1.17 bits per heavy atom. The fourth-order valence-corrected chi connectivity index (χ4v) is 2.73. The van der Waals surface area contributed by atoms with E-state index in [0.29, 0.717) is 12.6 Å². The van der Waals surface area contributed by atoms with Crippen molar-refractivity contribution in [3.05, 3.63) is 65.7 Å². The van der Waals surface area contributed by atoms with Crippen LogP contribution in [-0.2, 0) is 16.1 Å². The molecule has 0 saturated carbocycles. The lowest BCUT2D eigenvalue weighted by atomic mass is 10.1. The van der Waals surface area contributed by atoms with Gasteiger partial charge in [0.25, 0.3) is 0 Å². The van der Waals surface area contributed by atoms with E-state index in [0.717, 1.165) is 11.6 Å². The van der Waals surface area contributed by atoms with E-state index in [1.807, 2.05) is 30.3 Å². The third kappa shape index (κ3) is 3.59. The molecule has 1 atom stereocenters. The quantitative estimate of drug-likeness (QED) is 0.937. The largest absolute Gasteiger partial charge is 0.338 e. The van der Waals surface area contributed by atoms with Crippen molar-refractivity contribution in [3.8, 4) is 0 Å². The Kier molecular flexibility index (Phi) is 4.55. The van der Waals surface area contributed by atoms with Crippen LogP contribution >= 0.6 is 0 Å². The molecule has 4 nitrogen and oxygen atoms in total. The Hall–Kier alpha value is -2.76. The van der Waals surface area contributed by atoms with Crippen molar-refractivity contribution in [1.29, 1.82) is 0 Å². The maximum atomic E-state index is 13.6. The minimum atomic E-state index is -0.839. The van der Waals surface area contributed by atoms with Gasteiger partial charge in [0, 0.05) is 25.6 Å². The fourth-order valence-electron chi connectivity index (χ4n) is 2.73. The van der Waals surface area contributed by atoms with Crippen molar-refractivity contribution in [2.24, 2.45) is 5.92 Å². The monoisotopic (exact) mass is 330 g/mol. The molecule has 2 amide bonds. The number of carbonyl (C=O) groups excluding carboxylic acids is 2. The molecule has 6 heteroatoms. The zero-order valence-electron chi connectivity index (χ0n) is 12.8. The van der Waals surface area contributed by atoms with E-state index in [-0.39, 0.29) is 24.6 Å². The molecule has 2 aromatic rings. The van der Waals surface area contributed by atoms with E-state index < -0.39 is 23.5 Å². The van der Waals surface area contributed by atoms with E-state index in [9.17, 15) is 18.4 Å². The Balaban J connectivity index is 1.63. The van der Waals surface area contributed by atoms with Gasteiger partial charge in [0.05, 0.1) is 11.6 Å². The lowest BCUT2D eigenvalue weighted by Gasteiger charge is -2.16. The van der Waals surface area contributed by atoms with Crippen LogP contribution in [0.15, 0.2) is 48.5 Å². The molecule has 0 unspecified atom stereocenters. The molecule has 0 radical (unpaired) electrons. The van der Waals surface area contributed by atoms with Crippen LogP contribution in [0.5, 0.6) is 0 Å². The minimum absolute atomic E-state index is 0.0848. The van der Waals surface area contributed by atoms with Crippen molar-refractivity contribution in [2.45, 2.75) is 13.0 Å². The summed E-state index contributed by atoms with van der Waals surface area (Å²) < 4.78 is 26.5. The SMILES string of the molecule is O=C(Nc1ccc(F)cc1F)[C@H]1CC(=O)N(Cc2ccccc2)C1. The van der Waals surface area contributed by atoms with Crippen LogP contribution in [0, 0.1) is 17.6 Å². The molecule has 0 aliphatic carbocycles. The number of anilines is 1. The standard InChI is InChI=1S/C18H16F2N2O2/c19-14-6-7-16(15(20)9-14)21-18(24)13-8-17(23)22(11-13)10-12-4-2-1-3-5-12/h1-7,9,13H,8,10-11H2,(H,21,24)/t13-/m0/s1. The summed E-state index contributed by atoms with van der Waals surface area (Å²) in [5, 5.41) is 2.42. The summed E-state index contributed by atoms with van der Waals surface area (Å²) in [5.41, 5.74) is 0.895. The number of rotatable bonds is 4. The average molecular weight is 330 g/mol. The van der Waals surface area contributed by atoms with Gasteiger partial charge in [0.15, 0.2) is 0 Å². The molecule has 2 aromatic carbocycles. The van der Waals surface area contributed by atoms with Gasteiger partial charge in [-0.2, -0.15) is 0 Å². The number of hydrogen-bond donors (Lipinski definition) is 1. The second-order valence-electron chi connectivity index (χ2n) is 5.77. The van der Waals surface area contributed by atoms with Crippen molar-refractivity contribution < 1.29 is 18.4 Å². The normalized spacial score (nSPS) is 17.2. The van der Waals surface area contributed by atoms with E-state index in [2.05, 4.69) is 5.32 Å². The Bertz CT molecular complexity index is 765. The highest BCUT2D eigenvalue weighted by molar-refractivity contribution is 5.97. The van der Waals surface area contributed by atoms with Gasteiger partial charge in [-0.25, -0.2) is 8.78 Å². The molecular weight excluding hydrogens is 314 g/mol. The van der Waals surface area contributed by atoms with Gasteiger partial charge in [-0.05, 0) is 17.7 Å². The molecular formula is C18H16F2N2O2. The molecule has 1 aliphatic rings. The van der Waals surface area contributed by atoms with Gasteiger partial charge in [-0.3, -0.25) is 9.59 Å². The van der Waals surface area contributed by atoms with Crippen molar-refractivity contribution in [1.82, 2.24) is 4.90 Å². The van der Waals surface area contributed by atoms with Crippen molar-refractivity contribution in [2.75, 3.05) is 11.9 Å². The van der Waals surface area contributed by atoms with Gasteiger partial charge in [0.2, 0.25) is 11.8 Å². The highest BCUT2D eigenvalue weighted by Gasteiger charge is 2.34. The van der Waals surface area contributed by atoms with E-state index >= 15 is 0 Å². The topological polar surface area (TPSA) is 49.4 Å². The summed E-state index contributed by atoms with van der Waals surface area (Å²) in [6.45, 7) is 0.719. The lowest BCUT2D eigenvalue weighted by Crippen LogP contribution is -2.28. The molecule has 1 N–H and O–H groups in total. The summed E-state index contributed by atoms with van der Waals surface area (Å²) in [4.78, 5) is 25.9. The van der Waals surface area contributed by atoms with Gasteiger partial charge in [-0.15, -0.1) is 0 Å². The highest BCUT2D eigenvalue weighted by Crippen LogP contribution is 2.23. The number of nitrogens with one attached hydrogen (secondary N) is 1. The van der Waals surface area contributed by atoms with Crippen molar-refractivity contribution >= 4 is 17.5 Å². The van der Waals surface area contributed by atoms with Crippen LogP contribution in [0.1, 0.15) is 12.0 Å². The number of halogens is 2. The molecule has 124 valence electrons. The molecule has 0 aromatic heterocycles. The fraction of sp³-hybridized carbons (Fsp3) is 0.222. The number of amides is 2. The number of hydrogen-bond acceptors (Lipinski definition) is 2. The number of benzene rings is 2. The third-order valence-corrected chi connectivity index (χ3v) is 3.99. The molecule has 24 heavy (non-hydrogen) atoms. The predicted molar refractivity (Wildman–Crippen MR) is 85.0 cm³/mol. The first-order valence-corrected chi connectivity index (χ1v) is 7.60. The molecule has 1 saturated heterocycles. The van der Waals surface area contributed by atoms with E-state index in [1.54, 1.807) is 4.90 Å². The van der Waals surface area contributed by atoms with Gasteiger partial charge in [-0.1, -0.05) is 30.3 Å². The van der Waals surface area contributed by atoms with Gasteiger partial charge in [0.1, 0.15) is 11.6 Å². The Morgan fingerprint density at radius 3 is 2.62 bits per heavy atom.